The molecule has 1 aromatic heterocycles. The first-order valence-electron chi connectivity index (χ1n) is 14.1. The van der Waals surface area contributed by atoms with E-state index in [-0.39, 0.29) is 35.0 Å². The molecule has 6 rings (SSSR count). The monoisotopic (exact) mass is 576 g/mol. The summed E-state index contributed by atoms with van der Waals surface area (Å²) in [6, 6.07) is 23.2. The molecular formula is C34H29FN4O4. The molecule has 4 aromatic carbocycles. The van der Waals surface area contributed by atoms with Crippen molar-refractivity contribution in [2.45, 2.75) is 38.8 Å². The number of aromatic nitrogens is 1. The Hall–Kier alpha value is -5.31. The fraction of sp³-hybridized carbons (Fsp3) is 0.176. The minimum Gasteiger partial charge on any atom is -0.477 e. The Morgan fingerprint density at radius 2 is 1.63 bits per heavy atom. The average molecular weight is 577 g/mol. The predicted octanol–water partition coefficient (Wildman–Crippen LogP) is 6.30. The Kier molecular flexibility index (Phi) is 7.23. The van der Waals surface area contributed by atoms with Crippen LogP contribution in [0, 0.1) is 5.82 Å². The van der Waals surface area contributed by atoms with Crippen LogP contribution in [0.1, 0.15) is 32.3 Å². The molecule has 1 saturated heterocycles. The molecular weight excluding hydrogens is 547 g/mol. The summed E-state index contributed by atoms with van der Waals surface area (Å²) in [5, 5.41) is 17.8. The summed E-state index contributed by atoms with van der Waals surface area (Å²) in [5.74, 6) is -0.956. The van der Waals surface area contributed by atoms with Crippen LogP contribution in [0.4, 0.5) is 27.3 Å². The number of carbonyl (C=O) groups is 1. The van der Waals surface area contributed by atoms with Gasteiger partial charge in [0.15, 0.2) is 0 Å². The van der Waals surface area contributed by atoms with Crippen molar-refractivity contribution in [3.05, 3.63) is 116 Å². The van der Waals surface area contributed by atoms with Crippen LogP contribution in [-0.2, 0) is 4.79 Å². The Bertz CT molecular complexity index is 1930. The Morgan fingerprint density at radius 1 is 0.953 bits per heavy atom. The molecule has 216 valence electrons. The van der Waals surface area contributed by atoms with Gasteiger partial charge in [-0.1, -0.05) is 36.4 Å². The molecule has 0 spiro atoms. The van der Waals surface area contributed by atoms with Crippen LogP contribution < -0.4 is 26.4 Å². The SMILES string of the molecule is CC1CC[C@H](C)N1c1c(NC(=Cc2ccc(Nc3nc(-c4ccc(F)cc4)cc4ccccc34)cc2)C(=O)O)c(=O)c1=O. The van der Waals surface area contributed by atoms with Gasteiger partial charge in [0.2, 0.25) is 0 Å². The molecule has 9 heteroatoms. The molecule has 1 aliphatic rings. The normalized spacial score (nSPS) is 17.0. The maximum atomic E-state index is 13.5. The molecule has 5 aromatic rings. The van der Waals surface area contributed by atoms with Crippen molar-refractivity contribution < 1.29 is 14.3 Å². The van der Waals surface area contributed by atoms with E-state index < -0.39 is 16.8 Å². The van der Waals surface area contributed by atoms with Gasteiger partial charge in [0.05, 0.1) is 5.69 Å². The number of hydrogen-bond donors (Lipinski definition) is 3. The maximum Gasteiger partial charge on any atom is 0.352 e. The zero-order chi connectivity index (χ0) is 30.2. The molecule has 2 heterocycles. The summed E-state index contributed by atoms with van der Waals surface area (Å²) in [6.07, 6.45) is 3.21. The van der Waals surface area contributed by atoms with Crippen LogP contribution in [0.15, 0.2) is 94.1 Å². The smallest absolute Gasteiger partial charge is 0.352 e. The highest BCUT2D eigenvalue weighted by molar-refractivity contribution is 5.98. The molecule has 0 amide bonds. The molecule has 0 aliphatic carbocycles. The van der Waals surface area contributed by atoms with E-state index >= 15 is 0 Å². The number of fused-ring (bicyclic) bond motifs is 1. The van der Waals surface area contributed by atoms with Crippen LogP contribution in [0.25, 0.3) is 28.1 Å². The molecule has 1 unspecified atom stereocenters. The first-order valence-corrected chi connectivity index (χ1v) is 14.1. The number of hydrogen-bond acceptors (Lipinski definition) is 7. The summed E-state index contributed by atoms with van der Waals surface area (Å²) in [6.45, 7) is 3.98. The molecule has 3 N–H and O–H groups in total. The summed E-state index contributed by atoms with van der Waals surface area (Å²) in [4.78, 5) is 43.7. The van der Waals surface area contributed by atoms with Gasteiger partial charge in [-0.25, -0.2) is 14.2 Å². The van der Waals surface area contributed by atoms with Crippen LogP contribution in [0.5, 0.6) is 0 Å². The highest BCUT2D eigenvalue weighted by atomic mass is 19.1. The van der Waals surface area contributed by atoms with E-state index in [4.69, 9.17) is 4.98 Å². The second-order valence-corrected chi connectivity index (χ2v) is 10.9. The quantitative estimate of drug-likeness (QED) is 0.146. The largest absolute Gasteiger partial charge is 0.477 e. The van der Waals surface area contributed by atoms with Crippen molar-refractivity contribution in [2.75, 3.05) is 15.5 Å². The van der Waals surface area contributed by atoms with E-state index in [1.165, 1.54) is 18.2 Å². The lowest BCUT2D eigenvalue weighted by atomic mass is 10.1. The van der Waals surface area contributed by atoms with Gasteiger partial charge in [-0.15, -0.1) is 0 Å². The lowest BCUT2D eigenvalue weighted by Crippen LogP contribution is -2.46. The van der Waals surface area contributed by atoms with Gasteiger partial charge >= 0.3 is 5.97 Å². The third kappa shape index (κ3) is 5.37. The highest BCUT2D eigenvalue weighted by Crippen LogP contribution is 2.34. The summed E-state index contributed by atoms with van der Waals surface area (Å²) in [7, 11) is 0. The fourth-order valence-electron chi connectivity index (χ4n) is 5.69. The number of benzene rings is 3. The van der Waals surface area contributed by atoms with Gasteiger partial charge in [-0.3, -0.25) is 9.59 Å². The molecule has 8 nitrogen and oxygen atoms in total. The third-order valence-electron chi connectivity index (χ3n) is 7.95. The van der Waals surface area contributed by atoms with E-state index in [2.05, 4.69) is 10.6 Å². The van der Waals surface area contributed by atoms with Gasteiger partial charge in [0, 0.05) is 28.7 Å². The molecule has 0 bridgehead atoms. The molecule has 1 aliphatic heterocycles. The van der Waals surface area contributed by atoms with Crippen molar-refractivity contribution in [2.24, 2.45) is 0 Å². The first-order chi connectivity index (χ1) is 20.7. The summed E-state index contributed by atoms with van der Waals surface area (Å²) < 4.78 is 13.5. The van der Waals surface area contributed by atoms with Gasteiger partial charge in [0.25, 0.3) is 10.9 Å². The molecule has 0 radical (unpaired) electrons. The average Bonchev–Trinajstić information content (AvgIpc) is 3.33. The van der Waals surface area contributed by atoms with E-state index in [1.54, 1.807) is 36.4 Å². The van der Waals surface area contributed by atoms with E-state index in [0.29, 0.717) is 17.1 Å². The Balaban J connectivity index is 1.27. The number of carboxylic acids is 1. The lowest BCUT2D eigenvalue weighted by molar-refractivity contribution is -0.132. The fourth-order valence-corrected chi connectivity index (χ4v) is 5.69. The second kappa shape index (κ2) is 11.2. The molecule has 2 atom stereocenters. The van der Waals surface area contributed by atoms with Gasteiger partial charge in [-0.2, -0.15) is 0 Å². The van der Waals surface area contributed by atoms with Crippen molar-refractivity contribution in [3.63, 3.8) is 0 Å². The minimum absolute atomic E-state index is 0.0246. The Morgan fingerprint density at radius 3 is 2.30 bits per heavy atom. The van der Waals surface area contributed by atoms with Crippen LogP contribution in [0.3, 0.4) is 0 Å². The first kappa shape index (κ1) is 27.8. The predicted molar refractivity (Wildman–Crippen MR) is 168 cm³/mol. The zero-order valence-corrected chi connectivity index (χ0v) is 23.6. The molecule has 43 heavy (non-hydrogen) atoms. The van der Waals surface area contributed by atoms with Crippen molar-refractivity contribution >= 4 is 45.7 Å². The minimum atomic E-state index is -1.25. The zero-order valence-electron chi connectivity index (χ0n) is 23.6. The van der Waals surface area contributed by atoms with Crippen molar-refractivity contribution in [1.82, 2.24) is 4.98 Å². The van der Waals surface area contributed by atoms with Gasteiger partial charge < -0.3 is 20.6 Å². The number of aliphatic carboxylic acids is 1. The number of rotatable bonds is 8. The number of carboxylic acid groups (broad SMARTS) is 1. The van der Waals surface area contributed by atoms with E-state index in [9.17, 15) is 23.9 Å². The third-order valence-corrected chi connectivity index (χ3v) is 7.95. The second-order valence-electron chi connectivity index (χ2n) is 10.9. The molecule has 1 fully saturated rings. The van der Waals surface area contributed by atoms with E-state index in [0.717, 1.165) is 34.9 Å². The van der Waals surface area contributed by atoms with Gasteiger partial charge in [-0.05, 0) is 86.2 Å². The lowest BCUT2D eigenvalue weighted by Gasteiger charge is -2.31. The van der Waals surface area contributed by atoms with E-state index in [1.807, 2.05) is 49.1 Å². The number of pyridine rings is 1. The number of nitrogens with zero attached hydrogens (tertiary/aromatic N) is 2. The number of halogens is 1. The Labute approximate surface area is 246 Å². The standard InChI is InChI=1S/C34H29FN4O4/c1-19-7-8-20(2)39(19)30-29(31(40)32(30)41)37-28(34(42)43)17-21-9-15-25(16-10-21)36-33-26-6-4-3-5-23(26)18-27(38-33)22-11-13-24(35)14-12-22/h3-6,9-20,37H,7-8H2,1-2H3,(H,36,38)(H,42,43)/t19-,20?/m0/s1. The van der Waals surface area contributed by atoms with Gasteiger partial charge in [0.1, 0.15) is 28.7 Å². The number of nitrogens with one attached hydrogen (secondary N) is 2. The van der Waals surface area contributed by atoms with Crippen molar-refractivity contribution in [3.8, 4) is 11.3 Å². The highest BCUT2D eigenvalue weighted by Gasteiger charge is 2.36. The van der Waals surface area contributed by atoms with Crippen molar-refractivity contribution in [1.29, 1.82) is 0 Å². The topological polar surface area (TPSA) is 112 Å². The summed E-state index contributed by atoms with van der Waals surface area (Å²) in [5.41, 5.74) is 1.54. The maximum absolute atomic E-state index is 13.5. The summed E-state index contributed by atoms with van der Waals surface area (Å²) >= 11 is 0. The van der Waals surface area contributed by atoms with Crippen LogP contribution in [0.2, 0.25) is 0 Å². The molecule has 0 saturated carbocycles. The number of anilines is 4. The van der Waals surface area contributed by atoms with Crippen LogP contribution >= 0.6 is 0 Å². The van der Waals surface area contributed by atoms with Crippen LogP contribution in [-0.4, -0.2) is 28.1 Å².